The van der Waals surface area contributed by atoms with E-state index in [0.29, 0.717) is 60.0 Å². The SMILES string of the molecule is CCOc1cc(/C=C2/SC(=O)N(CC(=O)N3CCOCC3)C2=O)c(Br)cc1OCc1ccccc1C#N. The van der Waals surface area contributed by atoms with Crippen LogP contribution in [-0.4, -0.2) is 66.3 Å². The van der Waals surface area contributed by atoms with Gasteiger partial charge in [-0.1, -0.05) is 34.1 Å². The Morgan fingerprint density at radius 2 is 1.92 bits per heavy atom. The molecule has 0 radical (unpaired) electrons. The van der Waals surface area contributed by atoms with Gasteiger partial charge in [-0.05, 0) is 48.5 Å². The number of carbonyl (C=O) groups excluding carboxylic acids is 3. The average molecular weight is 586 g/mol. The number of carbonyl (C=O) groups is 3. The maximum atomic E-state index is 13.0. The Hall–Kier alpha value is -3.33. The van der Waals surface area contributed by atoms with Gasteiger partial charge in [-0.15, -0.1) is 0 Å². The predicted octanol–water partition coefficient (Wildman–Crippen LogP) is 4.19. The largest absolute Gasteiger partial charge is 0.490 e. The molecular weight excluding hydrogens is 562 g/mol. The van der Waals surface area contributed by atoms with Gasteiger partial charge < -0.3 is 19.1 Å². The summed E-state index contributed by atoms with van der Waals surface area (Å²) < 4.78 is 17.6. The molecule has 2 heterocycles. The normalized spacial score (nSPS) is 16.7. The van der Waals surface area contributed by atoms with Crippen molar-refractivity contribution >= 4 is 50.8 Å². The maximum Gasteiger partial charge on any atom is 0.294 e. The Labute approximate surface area is 227 Å². The van der Waals surface area contributed by atoms with Gasteiger partial charge in [-0.3, -0.25) is 19.3 Å². The topological polar surface area (TPSA) is 109 Å². The number of hydrogen-bond donors (Lipinski definition) is 0. The van der Waals surface area contributed by atoms with Crippen molar-refractivity contribution < 1.29 is 28.6 Å². The number of thioether (sulfide) groups is 1. The summed E-state index contributed by atoms with van der Waals surface area (Å²) in [7, 11) is 0. The second-order valence-electron chi connectivity index (χ2n) is 8.07. The quantitative estimate of drug-likeness (QED) is 0.424. The van der Waals surface area contributed by atoms with Crippen molar-refractivity contribution in [3.63, 3.8) is 0 Å². The molecule has 4 rings (SSSR count). The minimum atomic E-state index is -0.519. The van der Waals surface area contributed by atoms with Crippen LogP contribution in [0.1, 0.15) is 23.6 Å². The van der Waals surface area contributed by atoms with Crippen molar-refractivity contribution in [3.8, 4) is 17.6 Å². The van der Waals surface area contributed by atoms with Gasteiger partial charge in [0.15, 0.2) is 11.5 Å². The van der Waals surface area contributed by atoms with Gasteiger partial charge in [0.2, 0.25) is 5.91 Å². The summed E-state index contributed by atoms with van der Waals surface area (Å²) in [6.07, 6.45) is 1.59. The molecule has 0 spiro atoms. The zero-order chi connectivity index (χ0) is 26.4. The number of ether oxygens (including phenoxy) is 3. The fraction of sp³-hybridized carbons (Fsp3) is 0.308. The van der Waals surface area contributed by atoms with Gasteiger partial charge in [0.1, 0.15) is 13.2 Å². The molecule has 11 heteroatoms. The molecule has 2 saturated heterocycles. The molecule has 0 N–H and O–H groups in total. The first-order chi connectivity index (χ1) is 17.9. The van der Waals surface area contributed by atoms with Crippen LogP contribution in [0.2, 0.25) is 0 Å². The van der Waals surface area contributed by atoms with E-state index in [1.807, 2.05) is 19.1 Å². The number of rotatable bonds is 8. The average Bonchev–Trinajstić information content (AvgIpc) is 3.17. The summed E-state index contributed by atoms with van der Waals surface area (Å²) >= 11 is 4.30. The molecule has 2 aliphatic heterocycles. The number of morpholine rings is 1. The lowest BCUT2D eigenvalue weighted by Gasteiger charge is -2.28. The second kappa shape index (κ2) is 12.3. The van der Waals surface area contributed by atoms with Gasteiger partial charge in [0.25, 0.3) is 11.1 Å². The number of amides is 3. The van der Waals surface area contributed by atoms with Gasteiger partial charge in [0.05, 0.1) is 36.4 Å². The van der Waals surface area contributed by atoms with Crippen LogP contribution in [0, 0.1) is 11.3 Å². The molecule has 0 aromatic heterocycles. The minimum Gasteiger partial charge on any atom is -0.490 e. The molecule has 0 bridgehead atoms. The number of hydrogen-bond acceptors (Lipinski definition) is 8. The molecule has 0 unspecified atom stereocenters. The van der Waals surface area contributed by atoms with E-state index in [-0.39, 0.29) is 24.0 Å². The lowest BCUT2D eigenvalue weighted by atomic mass is 10.1. The highest BCUT2D eigenvalue weighted by atomic mass is 79.9. The van der Waals surface area contributed by atoms with Crippen molar-refractivity contribution in [1.82, 2.24) is 9.80 Å². The van der Waals surface area contributed by atoms with E-state index in [0.717, 1.165) is 22.2 Å². The highest BCUT2D eigenvalue weighted by Crippen LogP contribution is 2.38. The first kappa shape index (κ1) is 26.7. The molecule has 37 heavy (non-hydrogen) atoms. The van der Waals surface area contributed by atoms with Gasteiger partial charge in [-0.25, -0.2) is 0 Å². The first-order valence-corrected chi connectivity index (χ1v) is 13.2. The van der Waals surface area contributed by atoms with E-state index in [2.05, 4.69) is 22.0 Å². The van der Waals surface area contributed by atoms with Crippen molar-refractivity contribution in [2.75, 3.05) is 39.5 Å². The summed E-state index contributed by atoms with van der Waals surface area (Å²) in [6, 6.07) is 12.8. The molecule has 2 fully saturated rings. The Balaban J connectivity index is 1.52. The van der Waals surface area contributed by atoms with E-state index in [1.54, 1.807) is 35.2 Å². The van der Waals surface area contributed by atoms with Crippen molar-refractivity contribution in [3.05, 3.63) is 62.5 Å². The van der Waals surface area contributed by atoms with Crippen LogP contribution >= 0.6 is 27.7 Å². The van der Waals surface area contributed by atoms with Crippen LogP contribution in [0.4, 0.5) is 4.79 Å². The molecule has 0 aliphatic carbocycles. The monoisotopic (exact) mass is 585 g/mol. The summed E-state index contributed by atoms with van der Waals surface area (Å²) in [4.78, 5) is 40.8. The molecule has 2 aliphatic rings. The van der Waals surface area contributed by atoms with Crippen molar-refractivity contribution in [2.45, 2.75) is 13.5 Å². The third-order valence-corrected chi connectivity index (χ3v) is 7.30. The van der Waals surface area contributed by atoms with E-state index in [1.165, 1.54) is 0 Å². The molecular formula is C26H24BrN3O6S. The fourth-order valence-electron chi connectivity index (χ4n) is 3.78. The van der Waals surface area contributed by atoms with Crippen LogP contribution in [0.3, 0.4) is 0 Å². The van der Waals surface area contributed by atoms with Gasteiger partial charge in [0, 0.05) is 23.1 Å². The zero-order valence-electron chi connectivity index (χ0n) is 20.1. The smallest absolute Gasteiger partial charge is 0.294 e. The number of nitriles is 1. The van der Waals surface area contributed by atoms with E-state index in [9.17, 15) is 19.6 Å². The molecule has 9 nitrogen and oxygen atoms in total. The number of nitrogens with zero attached hydrogens (tertiary/aromatic N) is 3. The van der Waals surface area contributed by atoms with Crippen molar-refractivity contribution in [2.24, 2.45) is 0 Å². The van der Waals surface area contributed by atoms with Crippen LogP contribution < -0.4 is 9.47 Å². The standard InChI is InChI=1S/C26H24BrN3O6S/c1-2-35-21-11-19(20(27)13-22(21)36-16-18-6-4-3-5-17(18)14-28)12-23-25(32)30(26(33)37-23)15-24(31)29-7-9-34-10-8-29/h3-6,11-13H,2,7-10,15-16H2,1H3/b23-12+. The van der Waals surface area contributed by atoms with E-state index < -0.39 is 11.1 Å². The second-order valence-corrected chi connectivity index (χ2v) is 9.92. The fourth-order valence-corrected chi connectivity index (χ4v) is 5.04. The van der Waals surface area contributed by atoms with Gasteiger partial charge >= 0.3 is 0 Å². The number of benzene rings is 2. The third kappa shape index (κ3) is 6.33. The Morgan fingerprint density at radius 3 is 2.65 bits per heavy atom. The highest BCUT2D eigenvalue weighted by Gasteiger charge is 2.37. The zero-order valence-corrected chi connectivity index (χ0v) is 22.5. The molecule has 0 saturated carbocycles. The Bertz CT molecular complexity index is 1290. The number of halogens is 1. The summed E-state index contributed by atoms with van der Waals surface area (Å²) in [5.41, 5.74) is 1.88. The van der Waals surface area contributed by atoms with Crippen LogP contribution in [0.5, 0.6) is 11.5 Å². The lowest BCUT2D eigenvalue weighted by Crippen LogP contribution is -2.46. The van der Waals surface area contributed by atoms with Crippen LogP contribution in [0.15, 0.2) is 45.8 Å². The summed E-state index contributed by atoms with van der Waals surface area (Å²) in [5, 5.41) is 8.83. The molecule has 2 aromatic rings. The Morgan fingerprint density at radius 1 is 1.19 bits per heavy atom. The predicted molar refractivity (Wildman–Crippen MR) is 141 cm³/mol. The van der Waals surface area contributed by atoms with E-state index in [4.69, 9.17) is 14.2 Å². The minimum absolute atomic E-state index is 0.172. The number of imide groups is 1. The first-order valence-electron chi connectivity index (χ1n) is 11.6. The van der Waals surface area contributed by atoms with Gasteiger partial charge in [-0.2, -0.15) is 5.26 Å². The summed E-state index contributed by atoms with van der Waals surface area (Å²) in [6.45, 7) is 3.85. The molecule has 192 valence electrons. The highest BCUT2D eigenvalue weighted by molar-refractivity contribution is 9.10. The van der Waals surface area contributed by atoms with Crippen LogP contribution in [0.25, 0.3) is 6.08 Å². The third-order valence-electron chi connectivity index (χ3n) is 5.70. The van der Waals surface area contributed by atoms with Crippen molar-refractivity contribution in [1.29, 1.82) is 5.26 Å². The lowest BCUT2D eigenvalue weighted by molar-refractivity contribution is -0.139. The molecule has 3 amide bonds. The maximum absolute atomic E-state index is 13.0. The van der Waals surface area contributed by atoms with E-state index >= 15 is 0 Å². The Kier molecular flexibility index (Phi) is 8.87. The molecule has 0 atom stereocenters. The van der Waals surface area contributed by atoms with Crippen LogP contribution in [-0.2, 0) is 20.9 Å². The molecule has 2 aromatic carbocycles. The summed E-state index contributed by atoms with van der Waals surface area (Å²) in [5.74, 6) is 0.108.